The van der Waals surface area contributed by atoms with Crippen molar-refractivity contribution in [3.8, 4) is 66.8 Å². The van der Waals surface area contributed by atoms with E-state index in [9.17, 15) is 9.90 Å². The van der Waals surface area contributed by atoms with Gasteiger partial charge >= 0.3 is 18.9 Å². The molecular formula is C95H71BrCl3LiO3. The van der Waals surface area contributed by atoms with Crippen LogP contribution in [0.2, 0.25) is 15.1 Å². The SMILES string of the molecule is Brc1ccccc1-c1ccc2ccccc2c1.C1CCOC1.Clc1ccc2c(c1)C1(c3ccccc3-2)c2ccccc2-c2cc3ccccc3cc21.O=C1c2ccccc2-c2ccc(Cl)cc21.OC1(c2ccccc2-c2ccc3ccccc3c2)c2ccccc2-c2ccc(Cl)cc21.[CH2-]CCC.[Li+]. The zero-order valence-electron chi connectivity index (χ0n) is 57.3. The summed E-state index contributed by atoms with van der Waals surface area (Å²) in [6, 6.07) is 111. The molecule has 1 spiro atoms. The average Bonchev–Trinajstić information content (AvgIpc) is 1.51. The van der Waals surface area contributed by atoms with E-state index in [0.29, 0.717) is 15.6 Å². The predicted octanol–water partition coefficient (Wildman–Crippen LogP) is 23.5. The van der Waals surface area contributed by atoms with Gasteiger partial charge in [0, 0.05) is 60.6 Å². The molecule has 0 amide bonds. The maximum Gasteiger partial charge on any atom is 1.00 e. The Kier molecular flexibility index (Phi) is 21.2. The van der Waals surface area contributed by atoms with Crippen LogP contribution in [0.3, 0.4) is 0 Å². The summed E-state index contributed by atoms with van der Waals surface area (Å²) in [5, 5.41) is 21.9. The van der Waals surface area contributed by atoms with Gasteiger partial charge in [-0.2, -0.15) is 6.42 Å². The van der Waals surface area contributed by atoms with Crippen molar-refractivity contribution < 1.29 is 33.5 Å². The Morgan fingerprint density at radius 2 is 0.709 bits per heavy atom. The minimum Gasteiger partial charge on any atom is -0.381 e. The number of fused-ring (bicyclic) bond motifs is 19. The van der Waals surface area contributed by atoms with Gasteiger partial charge in [0.2, 0.25) is 0 Å². The first-order valence-electron chi connectivity index (χ1n) is 34.8. The molecule has 0 saturated carbocycles. The summed E-state index contributed by atoms with van der Waals surface area (Å²) in [6.07, 6.45) is 4.83. The van der Waals surface area contributed by atoms with Gasteiger partial charge in [-0.05, 0) is 201 Å². The summed E-state index contributed by atoms with van der Waals surface area (Å²) in [4.78, 5) is 12.0. The van der Waals surface area contributed by atoms with Crippen molar-refractivity contribution in [2.75, 3.05) is 13.2 Å². The first kappa shape index (κ1) is 70.6. The van der Waals surface area contributed by atoms with Crippen molar-refractivity contribution >= 4 is 88.8 Å². The fourth-order valence-electron chi connectivity index (χ4n) is 15.3. The van der Waals surface area contributed by atoms with Crippen LogP contribution < -0.4 is 18.9 Å². The van der Waals surface area contributed by atoms with Gasteiger partial charge in [-0.15, -0.1) is 0 Å². The number of ketones is 1. The van der Waals surface area contributed by atoms with Gasteiger partial charge < -0.3 is 16.8 Å². The molecule has 15 aromatic rings. The Morgan fingerprint density at radius 1 is 0.350 bits per heavy atom. The molecule has 1 aliphatic heterocycles. The topological polar surface area (TPSA) is 46.5 Å². The molecule has 5 aliphatic rings. The van der Waals surface area contributed by atoms with Gasteiger partial charge in [0.1, 0.15) is 5.60 Å². The van der Waals surface area contributed by atoms with E-state index in [2.05, 4.69) is 242 Å². The maximum atomic E-state index is 12.4. The van der Waals surface area contributed by atoms with Gasteiger partial charge in [0.15, 0.2) is 5.78 Å². The van der Waals surface area contributed by atoms with E-state index in [1.807, 2.05) is 103 Å². The second-order valence-corrected chi connectivity index (χ2v) is 28.3. The van der Waals surface area contributed by atoms with Crippen molar-refractivity contribution in [2.24, 2.45) is 0 Å². The molecule has 8 heteroatoms. The van der Waals surface area contributed by atoms with Crippen LogP contribution in [0.15, 0.2) is 326 Å². The van der Waals surface area contributed by atoms with E-state index >= 15 is 0 Å². The molecule has 0 radical (unpaired) electrons. The molecule has 0 bridgehead atoms. The Bertz CT molecular complexity index is 5680. The second kappa shape index (κ2) is 30.9. The van der Waals surface area contributed by atoms with Crippen LogP contribution in [0.25, 0.3) is 99.1 Å². The minimum atomic E-state index is -1.28. The van der Waals surface area contributed by atoms with Crippen molar-refractivity contribution in [3.05, 3.63) is 398 Å². The third-order valence-electron chi connectivity index (χ3n) is 20.1. The summed E-state index contributed by atoms with van der Waals surface area (Å²) < 4.78 is 6.08. The molecule has 1 N–H and O–H groups in total. The van der Waals surface area contributed by atoms with Crippen LogP contribution in [0.4, 0.5) is 0 Å². The summed E-state index contributed by atoms with van der Waals surface area (Å²) >= 11 is 22.4. The Labute approximate surface area is 638 Å². The third-order valence-corrected chi connectivity index (χ3v) is 21.5. The fraction of sp³-hybridized carbons (Fsp3) is 0.0947. The average molecular weight is 1450 g/mol. The number of rotatable bonds is 4. The van der Waals surface area contributed by atoms with Gasteiger partial charge in [0.25, 0.3) is 0 Å². The monoisotopic (exact) mass is 1450 g/mol. The van der Waals surface area contributed by atoms with Crippen molar-refractivity contribution in [1.82, 2.24) is 0 Å². The van der Waals surface area contributed by atoms with Crippen LogP contribution in [0, 0.1) is 6.92 Å². The largest absolute Gasteiger partial charge is 1.00 e. The molecule has 1 fully saturated rings. The number of carbonyl (C=O) groups excluding carboxylic acids is 1. The van der Waals surface area contributed by atoms with Crippen LogP contribution in [0.1, 0.15) is 87.5 Å². The maximum absolute atomic E-state index is 12.4. The molecule has 2 atom stereocenters. The molecule has 15 aromatic carbocycles. The number of carbonyl (C=O) groups is 1. The molecule has 3 nitrogen and oxygen atoms in total. The van der Waals surface area contributed by atoms with E-state index in [1.165, 1.54) is 107 Å². The normalized spacial score (nSPS) is 15.2. The third kappa shape index (κ3) is 13.4. The molecular weight excluding hydrogens is 1380 g/mol. The zero-order chi connectivity index (χ0) is 69.9. The van der Waals surface area contributed by atoms with Gasteiger partial charge in [-0.1, -0.05) is 319 Å². The summed E-state index contributed by atoms with van der Waals surface area (Å²) in [7, 11) is 0. The number of benzene rings is 15. The van der Waals surface area contributed by atoms with Crippen molar-refractivity contribution in [2.45, 2.75) is 43.6 Å². The molecule has 2 unspecified atom stereocenters. The first-order chi connectivity index (χ1) is 50.0. The summed E-state index contributed by atoms with van der Waals surface area (Å²) in [6.45, 7) is 7.72. The molecule has 1 saturated heterocycles. The van der Waals surface area contributed by atoms with Crippen molar-refractivity contribution in [1.29, 1.82) is 0 Å². The molecule has 4 aliphatic carbocycles. The van der Waals surface area contributed by atoms with Crippen molar-refractivity contribution in [3.63, 3.8) is 0 Å². The van der Waals surface area contributed by atoms with Crippen LogP contribution >= 0.6 is 50.7 Å². The van der Waals surface area contributed by atoms with E-state index in [0.717, 1.165) is 84.8 Å². The van der Waals surface area contributed by atoms with Gasteiger partial charge in [0.05, 0.1) is 5.41 Å². The smallest absolute Gasteiger partial charge is 0.381 e. The first-order valence-corrected chi connectivity index (χ1v) is 36.7. The Hall–Kier alpha value is -9.38. The van der Waals surface area contributed by atoms with Crippen LogP contribution in [0.5, 0.6) is 0 Å². The number of hydrogen-bond acceptors (Lipinski definition) is 3. The number of unbranched alkanes of at least 4 members (excludes halogenated alkanes) is 1. The zero-order valence-corrected chi connectivity index (χ0v) is 61.2. The van der Waals surface area contributed by atoms with Crippen LogP contribution in [-0.4, -0.2) is 24.1 Å². The minimum absolute atomic E-state index is 0. The van der Waals surface area contributed by atoms with Gasteiger partial charge in [-0.3, -0.25) is 4.79 Å². The van der Waals surface area contributed by atoms with E-state index < -0.39 is 5.60 Å². The summed E-state index contributed by atoms with van der Waals surface area (Å²) in [5.41, 5.74) is 21.7. The molecule has 498 valence electrons. The molecule has 103 heavy (non-hydrogen) atoms. The van der Waals surface area contributed by atoms with Crippen LogP contribution in [-0.2, 0) is 15.8 Å². The quantitative estimate of drug-likeness (QED) is 0.141. The second-order valence-electron chi connectivity index (χ2n) is 26.1. The van der Waals surface area contributed by atoms with Gasteiger partial charge in [-0.25, -0.2) is 0 Å². The Balaban J connectivity index is 0.000000115. The predicted molar refractivity (Wildman–Crippen MR) is 431 cm³/mol. The number of hydrogen-bond donors (Lipinski definition) is 1. The number of halogens is 4. The van der Waals surface area contributed by atoms with E-state index in [4.69, 9.17) is 39.5 Å². The molecule has 20 rings (SSSR count). The molecule has 1 heterocycles. The van der Waals surface area contributed by atoms with E-state index in [1.54, 1.807) is 6.07 Å². The summed E-state index contributed by atoms with van der Waals surface area (Å²) in [5.74, 6) is 0.0723. The molecule has 0 aromatic heterocycles. The number of ether oxygens (including phenoxy) is 1. The number of aliphatic hydroxyl groups is 1. The Morgan fingerprint density at radius 3 is 1.24 bits per heavy atom. The fourth-order valence-corrected chi connectivity index (χ4v) is 16.3. The van der Waals surface area contributed by atoms with E-state index in [-0.39, 0.29) is 30.1 Å². The standard InChI is InChI=1S/C29H19ClO.C29H17Cl.C16H11Br.C13H7ClO.C4H8O.C4H9.Li/c30-22-15-16-25-24-10-4-6-12-27(24)29(31,28(25)18-22)26-11-5-3-9-23(26)21-14-13-19-7-1-2-8-20(19)17-21;30-20-13-14-23-21-9-3-5-11-25(21)29(28(23)17-20)26-12-6-4-10-22(26)24-15-18-7-1-2-8-19(18)16-27(24)29;17-16-8-4-3-7-15(16)14-10-9-12-5-1-2-6-13(12)11-14;14-8-5-6-10-9-3-1-2-4-11(9)13(15)12(10)7-8;1-2-4-5-3-1;1-3-4-2;/h1-18,31H;1-17H;1-11H;1-7H;1-4H2;1,3-4H2,2H3;/q;;;;;-1;+1.